The fourth-order valence-electron chi connectivity index (χ4n) is 3.29. The number of carbonyl (C=O) groups excluding carboxylic acids is 1. The molecule has 0 radical (unpaired) electrons. The van der Waals surface area contributed by atoms with Gasteiger partial charge in [-0.25, -0.2) is 0 Å². The molecule has 2 aromatic heterocycles. The lowest BCUT2D eigenvalue weighted by Gasteiger charge is -2.36. The summed E-state index contributed by atoms with van der Waals surface area (Å²) in [5, 5.41) is 24.2. The number of H-pyrrole nitrogens is 1. The lowest BCUT2D eigenvalue weighted by molar-refractivity contribution is -0.135. The molecule has 0 aliphatic carbocycles. The van der Waals surface area contributed by atoms with Gasteiger partial charge in [-0.15, -0.1) is 10.2 Å². The quantitative estimate of drug-likeness (QED) is 0.731. The molecule has 0 bridgehead atoms. The number of aromatic nitrogens is 5. The Morgan fingerprint density at radius 3 is 2.46 bits per heavy atom. The largest absolute Gasteiger partial charge is 0.382 e. The smallest absolute Gasteiger partial charge is 0.226 e. The van der Waals surface area contributed by atoms with Crippen molar-refractivity contribution in [2.75, 3.05) is 13.1 Å². The maximum Gasteiger partial charge on any atom is 0.226 e. The standard InChI is InChI=1S/C18H20N6O2/c25-16(13-14-3-5-15(6-4-14)23-9-1-2-10-23)24-11-7-18(26,8-12-24)17-19-21-22-20-17/h1-6,9-10,26H,7-8,11-13H2,(H,19,20,21,22). The van der Waals surface area contributed by atoms with E-state index < -0.39 is 5.60 Å². The molecule has 4 rings (SSSR count). The SMILES string of the molecule is O=C(Cc1ccc(-n2cccc2)cc1)N1CCC(O)(c2nn[nH]n2)CC1. The summed E-state index contributed by atoms with van der Waals surface area (Å²) in [7, 11) is 0. The van der Waals surface area contributed by atoms with E-state index in [2.05, 4.69) is 20.6 Å². The Hall–Kier alpha value is -3.00. The third-order valence-corrected chi connectivity index (χ3v) is 4.90. The van der Waals surface area contributed by atoms with Crippen LogP contribution >= 0.6 is 0 Å². The second-order valence-corrected chi connectivity index (χ2v) is 6.58. The predicted octanol–water partition coefficient (Wildman–Crippen LogP) is 1.04. The number of nitrogens with one attached hydrogen (secondary N) is 1. The Bertz CT molecular complexity index is 850. The molecule has 8 heteroatoms. The molecule has 26 heavy (non-hydrogen) atoms. The number of likely N-dealkylation sites (tertiary alicyclic amines) is 1. The summed E-state index contributed by atoms with van der Waals surface area (Å²) in [5.41, 5.74) is 0.932. The van der Waals surface area contributed by atoms with Crippen LogP contribution in [-0.4, -0.2) is 54.2 Å². The third-order valence-electron chi connectivity index (χ3n) is 4.90. The number of aliphatic hydroxyl groups is 1. The molecule has 0 atom stereocenters. The van der Waals surface area contributed by atoms with E-state index in [4.69, 9.17) is 0 Å². The van der Waals surface area contributed by atoms with E-state index in [0.717, 1.165) is 11.3 Å². The van der Waals surface area contributed by atoms with Crippen LogP contribution in [0.15, 0.2) is 48.8 Å². The van der Waals surface area contributed by atoms with Crippen LogP contribution in [0.2, 0.25) is 0 Å². The summed E-state index contributed by atoms with van der Waals surface area (Å²) < 4.78 is 2.02. The van der Waals surface area contributed by atoms with Gasteiger partial charge in [-0.2, -0.15) is 5.21 Å². The van der Waals surface area contributed by atoms with Gasteiger partial charge in [0.2, 0.25) is 11.7 Å². The molecule has 1 amide bonds. The van der Waals surface area contributed by atoms with Crippen LogP contribution in [0.25, 0.3) is 5.69 Å². The highest BCUT2D eigenvalue weighted by Gasteiger charge is 2.38. The number of piperidine rings is 1. The van der Waals surface area contributed by atoms with Crippen LogP contribution < -0.4 is 0 Å². The van der Waals surface area contributed by atoms with Gasteiger partial charge in [-0.3, -0.25) is 4.79 Å². The van der Waals surface area contributed by atoms with Gasteiger partial charge in [0.1, 0.15) is 5.60 Å². The van der Waals surface area contributed by atoms with Crippen molar-refractivity contribution in [3.8, 4) is 5.69 Å². The molecule has 0 unspecified atom stereocenters. The van der Waals surface area contributed by atoms with Crippen molar-refractivity contribution in [1.82, 2.24) is 30.1 Å². The van der Waals surface area contributed by atoms with Crippen molar-refractivity contribution in [2.45, 2.75) is 24.9 Å². The minimum absolute atomic E-state index is 0.0638. The lowest BCUT2D eigenvalue weighted by Crippen LogP contribution is -2.46. The maximum absolute atomic E-state index is 12.6. The van der Waals surface area contributed by atoms with Gasteiger partial charge < -0.3 is 14.6 Å². The number of carbonyl (C=O) groups is 1. The Morgan fingerprint density at radius 1 is 1.15 bits per heavy atom. The Morgan fingerprint density at radius 2 is 1.85 bits per heavy atom. The van der Waals surface area contributed by atoms with Gasteiger partial charge >= 0.3 is 0 Å². The summed E-state index contributed by atoms with van der Waals surface area (Å²) in [6, 6.07) is 11.9. The second-order valence-electron chi connectivity index (χ2n) is 6.58. The van der Waals surface area contributed by atoms with Crippen LogP contribution in [0.4, 0.5) is 0 Å². The van der Waals surface area contributed by atoms with Gasteiger partial charge in [0.15, 0.2) is 0 Å². The number of hydrogen-bond donors (Lipinski definition) is 2. The number of hydrogen-bond acceptors (Lipinski definition) is 5. The number of rotatable bonds is 4. The van der Waals surface area contributed by atoms with Gasteiger partial charge in [-0.05, 0) is 29.8 Å². The van der Waals surface area contributed by atoms with Gasteiger partial charge in [0, 0.05) is 44.0 Å². The molecule has 2 N–H and O–H groups in total. The number of amides is 1. The first-order valence-corrected chi connectivity index (χ1v) is 8.60. The summed E-state index contributed by atoms with van der Waals surface area (Å²) in [4.78, 5) is 14.4. The van der Waals surface area contributed by atoms with Crippen molar-refractivity contribution >= 4 is 5.91 Å². The van der Waals surface area contributed by atoms with Crippen molar-refractivity contribution in [1.29, 1.82) is 0 Å². The molecule has 8 nitrogen and oxygen atoms in total. The fourth-order valence-corrected chi connectivity index (χ4v) is 3.29. The number of nitrogens with zero attached hydrogens (tertiary/aromatic N) is 5. The number of aromatic amines is 1. The third kappa shape index (κ3) is 3.23. The molecule has 134 valence electrons. The number of benzene rings is 1. The highest BCUT2D eigenvalue weighted by Crippen LogP contribution is 2.30. The lowest BCUT2D eigenvalue weighted by atomic mass is 9.90. The average Bonchev–Trinajstić information content (AvgIpc) is 3.37. The predicted molar refractivity (Wildman–Crippen MR) is 93.4 cm³/mol. The summed E-state index contributed by atoms with van der Waals surface area (Å²) in [6.07, 6.45) is 5.14. The van der Waals surface area contributed by atoms with Crippen molar-refractivity contribution in [3.05, 3.63) is 60.2 Å². The first-order chi connectivity index (χ1) is 12.6. The summed E-state index contributed by atoms with van der Waals surface area (Å²) >= 11 is 0. The van der Waals surface area contributed by atoms with E-state index in [9.17, 15) is 9.90 Å². The number of tetrazole rings is 1. The van der Waals surface area contributed by atoms with Crippen LogP contribution in [0.5, 0.6) is 0 Å². The molecule has 1 fully saturated rings. The average molecular weight is 352 g/mol. The second kappa shape index (κ2) is 6.72. The molecule has 3 heterocycles. The molecular weight excluding hydrogens is 332 g/mol. The highest BCUT2D eigenvalue weighted by atomic mass is 16.3. The fraction of sp³-hybridized carbons (Fsp3) is 0.333. The van der Waals surface area contributed by atoms with E-state index >= 15 is 0 Å². The normalized spacial score (nSPS) is 16.6. The van der Waals surface area contributed by atoms with E-state index in [1.165, 1.54) is 0 Å². The van der Waals surface area contributed by atoms with Crippen LogP contribution in [0.1, 0.15) is 24.2 Å². The van der Waals surface area contributed by atoms with Crippen molar-refractivity contribution < 1.29 is 9.90 Å². The van der Waals surface area contributed by atoms with Crippen LogP contribution in [-0.2, 0) is 16.8 Å². The van der Waals surface area contributed by atoms with Crippen molar-refractivity contribution in [2.24, 2.45) is 0 Å². The zero-order chi connectivity index (χ0) is 18.0. The van der Waals surface area contributed by atoms with E-state index in [1.54, 1.807) is 4.90 Å². The zero-order valence-electron chi connectivity index (χ0n) is 14.2. The summed E-state index contributed by atoms with van der Waals surface area (Å²) in [5.74, 6) is 0.360. The molecule has 0 spiro atoms. The topological polar surface area (TPSA) is 99.9 Å². The van der Waals surface area contributed by atoms with Gasteiger partial charge in [0.05, 0.1) is 6.42 Å². The molecule has 1 aliphatic heterocycles. The Kier molecular flexibility index (Phi) is 4.26. The first-order valence-electron chi connectivity index (χ1n) is 8.60. The minimum Gasteiger partial charge on any atom is -0.382 e. The Labute approximate surface area is 150 Å². The Balaban J connectivity index is 1.36. The molecule has 1 saturated heterocycles. The monoisotopic (exact) mass is 352 g/mol. The highest BCUT2D eigenvalue weighted by molar-refractivity contribution is 5.79. The van der Waals surface area contributed by atoms with Gasteiger partial charge in [0.25, 0.3) is 0 Å². The van der Waals surface area contributed by atoms with E-state index in [1.807, 2.05) is 53.4 Å². The first kappa shape index (κ1) is 16.5. The van der Waals surface area contributed by atoms with E-state index in [0.29, 0.717) is 38.2 Å². The van der Waals surface area contributed by atoms with Crippen molar-refractivity contribution in [3.63, 3.8) is 0 Å². The minimum atomic E-state index is -1.11. The van der Waals surface area contributed by atoms with Crippen LogP contribution in [0, 0.1) is 0 Å². The summed E-state index contributed by atoms with van der Waals surface area (Å²) in [6.45, 7) is 0.955. The van der Waals surface area contributed by atoms with Crippen LogP contribution in [0.3, 0.4) is 0 Å². The molecular formula is C18H20N6O2. The molecule has 1 aliphatic rings. The maximum atomic E-state index is 12.6. The zero-order valence-corrected chi connectivity index (χ0v) is 14.2. The molecule has 1 aromatic carbocycles. The molecule has 3 aromatic rings. The van der Waals surface area contributed by atoms with Gasteiger partial charge in [-0.1, -0.05) is 17.3 Å². The van der Waals surface area contributed by atoms with E-state index in [-0.39, 0.29) is 5.91 Å². The molecule has 0 saturated carbocycles.